The van der Waals surface area contributed by atoms with Crippen LogP contribution < -0.4 is 10.5 Å². The number of hydrogen-bond donors (Lipinski definition) is 1. The quantitative estimate of drug-likeness (QED) is 0.554. The van der Waals surface area contributed by atoms with E-state index in [1.54, 1.807) is 18.3 Å². The maximum Gasteiger partial charge on any atom is 0.264 e. The number of anilines is 1. The third-order valence-electron chi connectivity index (χ3n) is 5.26. The first-order chi connectivity index (χ1) is 14.6. The van der Waals surface area contributed by atoms with Crippen molar-refractivity contribution in [2.75, 3.05) is 11.4 Å². The Balaban J connectivity index is 1.46. The number of halogens is 1. The van der Waals surface area contributed by atoms with Crippen LogP contribution in [-0.4, -0.2) is 36.7 Å². The van der Waals surface area contributed by atoms with Gasteiger partial charge in [-0.3, -0.25) is 9.36 Å². The fourth-order valence-electron chi connectivity index (χ4n) is 3.86. The minimum atomic E-state index is -0.325. The van der Waals surface area contributed by atoms with E-state index in [-0.39, 0.29) is 17.4 Å². The van der Waals surface area contributed by atoms with Gasteiger partial charge < -0.3 is 9.42 Å². The molecule has 0 bridgehead atoms. The highest BCUT2D eigenvalue weighted by molar-refractivity contribution is 5.59. The number of hydrogen-bond acceptors (Lipinski definition) is 7. The molecule has 0 spiro atoms. The summed E-state index contributed by atoms with van der Waals surface area (Å²) >= 11 is 0. The first-order valence-corrected chi connectivity index (χ1v) is 9.54. The number of rotatable bonds is 4. The van der Waals surface area contributed by atoms with Gasteiger partial charge in [0.05, 0.1) is 12.2 Å². The van der Waals surface area contributed by atoms with Crippen molar-refractivity contribution in [2.24, 2.45) is 7.05 Å². The second kappa shape index (κ2) is 7.21. The number of nitrogens with one attached hydrogen (secondary N) is 1. The Morgan fingerprint density at radius 3 is 2.93 bits per heavy atom. The summed E-state index contributed by atoms with van der Waals surface area (Å²) in [4.78, 5) is 13.7. The van der Waals surface area contributed by atoms with Crippen LogP contribution in [0.4, 0.5) is 10.3 Å². The molecule has 1 fully saturated rings. The number of benzene rings is 1. The van der Waals surface area contributed by atoms with Crippen molar-refractivity contribution >= 4 is 5.95 Å². The summed E-state index contributed by atoms with van der Waals surface area (Å²) < 4.78 is 20.9. The Morgan fingerprint density at radius 1 is 1.20 bits per heavy atom. The average Bonchev–Trinajstić information content (AvgIpc) is 3.47. The lowest BCUT2D eigenvalue weighted by atomic mass is 10.1. The maximum absolute atomic E-state index is 13.5. The Kier molecular flexibility index (Phi) is 4.38. The fourth-order valence-corrected chi connectivity index (χ4v) is 3.86. The summed E-state index contributed by atoms with van der Waals surface area (Å²) in [7, 11) is 1.85. The molecule has 0 unspecified atom stereocenters. The molecule has 0 saturated carbocycles. The van der Waals surface area contributed by atoms with E-state index in [1.165, 1.54) is 18.2 Å². The highest BCUT2D eigenvalue weighted by Gasteiger charge is 2.32. The van der Waals surface area contributed by atoms with E-state index in [0.29, 0.717) is 28.7 Å². The second-order valence-corrected chi connectivity index (χ2v) is 7.19. The van der Waals surface area contributed by atoms with Gasteiger partial charge in [0.2, 0.25) is 5.95 Å². The Morgan fingerprint density at radius 2 is 2.10 bits per heavy atom. The zero-order valence-electron chi connectivity index (χ0n) is 16.1. The monoisotopic (exact) mass is 407 g/mol. The molecule has 0 radical (unpaired) electrons. The van der Waals surface area contributed by atoms with E-state index in [0.717, 1.165) is 25.1 Å². The second-order valence-electron chi connectivity index (χ2n) is 7.19. The van der Waals surface area contributed by atoms with E-state index in [4.69, 9.17) is 4.52 Å². The molecule has 4 heterocycles. The molecular weight excluding hydrogens is 389 g/mol. The largest absolute Gasteiger partial charge is 0.356 e. The highest BCUT2D eigenvalue weighted by atomic mass is 19.1. The van der Waals surface area contributed by atoms with Gasteiger partial charge >= 0.3 is 0 Å². The van der Waals surface area contributed by atoms with Crippen LogP contribution >= 0.6 is 0 Å². The topological polar surface area (TPSA) is 106 Å². The first-order valence-electron chi connectivity index (χ1n) is 9.54. The normalized spacial score (nSPS) is 16.3. The van der Waals surface area contributed by atoms with Crippen LogP contribution in [0.25, 0.3) is 22.7 Å². The molecule has 1 atom stereocenters. The predicted molar refractivity (Wildman–Crippen MR) is 106 cm³/mol. The molecule has 0 aliphatic carbocycles. The molecule has 152 valence electrons. The molecule has 3 aromatic heterocycles. The van der Waals surface area contributed by atoms with E-state index in [1.807, 2.05) is 17.7 Å². The van der Waals surface area contributed by atoms with E-state index in [9.17, 15) is 9.18 Å². The van der Waals surface area contributed by atoms with E-state index in [2.05, 4.69) is 30.5 Å². The minimum Gasteiger partial charge on any atom is -0.356 e. The lowest BCUT2D eigenvalue weighted by molar-refractivity contribution is 0.415. The standard InChI is InChI=1S/C20H18FN7O2/c1-27-19(13-9-18(29)23-22-11-13)24-25-20(27)28-7-3-6-16(28)15-10-17(30-26-15)12-4-2-5-14(21)8-12/h2,4-5,8-11,16H,3,6-7H2,1H3,(H,23,29)/t16-/m1/s1. The summed E-state index contributed by atoms with van der Waals surface area (Å²) in [6.45, 7) is 0.784. The summed E-state index contributed by atoms with van der Waals surface area (Å²) in [6.07, 6.45) is 3.38. The molecule has 1 N–H and O–H groups in total. The average molecular weight is 407 g/mol. The van der Waals surface area contributed by atoms with Crippen molar-refractivity contribution in [3.05, 3.63) is 64.5 Å². The molecule has 5 rings (SSSR count). The minimum absolute atomic E-state index is 0.0379. The third kappa shape index (κ3) is 3.15. The summed E-state index contributed by atoms with van der Waals surface area (Å²) in [5.41, 5.74) is 1.68. The maximum atomic E-state index is 13.5. The first kappa shape index (κ1) is 18.2. The van der Waals surface area contributed by atoms with Crippen LogP contribution in [-0.2, 0) is 7.05 Å². The molecule has 4 aromatic rings. The molecule has 1 aromatic carbocycles. The summed E-state index contributed by atoms with van der Waals surface area (Å²) in [5.74, 6) is 1.41. The number of aromatic amines is 1. The Bertz CT molecular complexity index is 1260. The van der Waals surface area contributed by atoms with E-state index >= 15 is 0 Å². The molecular formula is C20H18FN7O2. The molecule has 0 amide bonds. The Hall–Kier alpha value is -3.82. The zero-order chi connectivity index (χ0) is 20.7. The summed E-state index contributed by atoms with van der Waals surface area (Å²) in [6, 6.07) is 9.47. The van der Waals surface area contributed by atoms with E-state index < -0.39 is 0 Å². The molecule has 1 aliphatic heterocycles. The third-order valence-corrected chi connectivity index (χ3v) is 5.26. The van der Waals surface area contributed by atoms with Gasteiger partial charge in [0, 0.05) is 36.9 Å². The Labute approximate surface area is 170 Å². The lowest BCUT2D eigenvalue weighted by Gasteiger charge is -2.23. The van der Waals surface area contributed by atoms with Crippen molar-refractivity contribution in [1.82, 2.24) is 30.1 Å². The van der Waals surface area contributed by atoms with Gasteiger partial charge in [0.15, 0.2) is 11.6 Å². The van der Waals surface area contributed by atoms with Crippen LogP contribution in [0, 0.1) is 5.82 Å². The fraction of sp³-hybridized carbons (Fsp3) is 0.250. The van der Waals surface area contributed by atoms with Gasteiger partial charge in [-0.05, 0) is 25.0 Å². The van der Waals surface area contributed by atoms with Gasteiger partial charge in [-0.2, -0.15) is 5.10 Å². The van der Waals surface area contributed by atoms with Crippen LogP contribution in [0.5, 0.6) is 0 Å². The SMILES string of the molecule is Cn1c(-c2cn[nH]c(=O)c2)nnc1N1CCC[C@@H]1c1cc(-c2cccc(F)c2)on1. The van der Waals surface area contributed by atoms with Crippen LogP contribution in [0.15, 0.2) is 51.9 Å². The molecule has 30 heavy (non-hydrogen) atoms. The molecule has 1 saturated heterocycles. The smallest absolute Gasteiger partial charge is 0.264 e. The van der Waals surface area contributed by atoms with Crippen LogP contribution in [0.2, 0.25) is 0 Å². The van der Waals surface area contributed by atoms with Gasteiger partial charge in [-0.15, -0.1) is 10.2 Å². The molecule has 9 nitrogen and oxygen atoms in total. The van der Waals surface area contributed by atoms with Crippen molar-refractivity contribution in [2.45, 2.75) is 18.9 Å². The molecule has 1 aliphatic rings. The van der Waals surface area contributed by atoms with Gasteiger partial charge in [-0.1, -0.05) is 17.3 Å². The number of H-pyrrole nitrogens is 1. The van der Waals surface area contributed by atoms with Gasteiger partial charge in [-0.25, -0.2) is 9.49 Å². The van der Waals surface area contributed by atoms with Crippen molar-refractivity contribution in [3.8, 4) is 22.7 Å². The van der Waals surface area contributed by atoms with Gasteiger partial charge in [0.25, 0.3) is 5.56 Å². The van der Waals surface area contributed by atoms with Crippen molar-refractivity contribution < 1.29 is 8.91 Å². The highest BCUT2D eigenvalue weighted by Crippen LogP contribution is 2.37. The van der Waals surface area contributed by atoms with Crippen molar-refractivity contribution in [3.63, 3.8) is 0 Å². The van der Waals surface area contributed by atoms with Crippen molar-refractivity contribution in [1.29, 1.82) is 0 Å². The predicted octanol–water partition coefficient (Wildman–Crippen LogP) is 2.70. The number of nitrogens with zero attached hydrogens (tertiary/aromatic N) is 6. The lowest BCUT2D eigenvalue weighted by Crippen LogP contribution is -2.25. The van der Waals surface area contributed by atoms with Crippen LogP contribution in [0.3, 0.4) is 0 Å². The zero-order valence-corrected chi connectivity index (χ0v) is 16.1. The summed E-state index contributed by atoms with van der Waals surface area (Å²) in [5, 5.41) is 19.0. The van der Waals surface area contributed by atoms with Crippen LogP contribution in [0.1, 0.15) is 24.6 Å². The molecule has 10 heteroatoms. The van der Waals surface area contributed by atoms with Gasteiger partial charge in [0.1, 0.15) is 11.5 Å². The number of aromatic nitrogens is 6.